The molecule has 1 heterocycles. The highest BCUT2D eigenvalue weighted by atomic mass is 35.5. The SMILES string of the molecule is CCn1ccc(OC)ccc(C)c(C#N)c1-c1ccc(NC(=O)OCCCl)cc1. The van der Waals surface area contributed by atoms with Crippen LogP contribution in [0.1, 0.15) is 18.1 Å². The van der Waals surface area contributed by atoms with Gasteiger partial charge in [0.1, 0.15) is 18.4 Å². The summed E-state index contributed by atoms with van der Waals surface area (Å²) in [7, 11) is 1.61. The molecule has 0 saturated carbocycles. The van der Waals surface area contributed by atoms with Crippen molar-refractivity contribution in [2.24, 2.45) is 0 Å². The topological polar surface area (TPSA) is 76.3 Å². The van der Waals surface area contributed by atoms with Crippen molar-refractivity contribution in [1.29, 1.82) is 5.26 Å². The van der Waals surface area contributed by atoms with Crippen molar-refractivity contribution in [2.45, 2.75) is 20.4 Å². The average molecular weight is 414 g/mol. The number of hydrogen-bond acceptors (Lipinski definition) is 4. The number of nitrogens with zero attached hydrogens (tertiary/aromatic N) is 2. The third-order valence-corrected chi connectivity index (χ3v) is 4.39. The Morgan fingerprint density at radius 2 is 1.93 bits per heavy atom. The van der Waals surface area contributed by atoms with Gasteiger partial charge in [-0.2, -0.15) is 5.26 Å². The summed E-state index contributed by atoms with van der Waals surface area (Å²) in [5, 5.41) is 12.5. The van der Waals surface area contributed by atoms with Crippen LogP contribution in [-0.4, -0.2) is 30.3 Å². The van der Waals surface area contributed by atoms with E-state index in [2.05, 4.69) is 11.4 Å². The fourth-order valence-corrected chi connectivity index (χ4v) is 2.84. The number of carbonyl (C=O) groups excluding carboxylic acids is 1. The van der Waals surface area contributed by atoms with Crippen LogP contribution < -0.4 is 10.1 Å². The van der Waals surface area contributed by atoms with Gasteiger partial charge < -0.3 is 14.0 Å². The Balaban J connectivity index is 2.55. The fourth-order valence-electron chi connectivity index (χ4n) is 2.76. The number of anilines is 1. The lowest BCUT2D eigenvalue weighted by Crippen LogP contribution is -2.14. The van der Waals surface area contributed by atoms with E-state index in [0.717, 1.165) is 16.8 Å². The summed E-state index contributed by atoms with van der Waals surface area (Å²) in [6.45, 7) is 4.70. The molecule has 7 heteroatoms. The lowest BCUT2D eigenvalue weighted by molar-refractivity contribution is 0.168. The summed E-state index contributed by atoms with van der Waals surface area (Å²) in [6.07, 6.45) is 1.33. The average Bonchev–Trinajstić information content (AvgIpc) is 2.80. The summed E-state index contributed by atoms with van der Waals surface area (Å²) in [6, 6.07) is 15.1. The number of carbonyl (C=O) groups is 1. The molecule has 152 valence electrons. The molecule has 1 aromatic heterocycles. The first-order valence-electron chi connectivity index (χ1n) is 9.16. The second kappa shape index (κ2) is 11.0. The Kier molecular flexibility index (Phi) is 8.38. The molecule has 1 aromatic carbocycles. The van der Waals surface area contributed by atoms with E-state index in [4.69, 9.17) is 21.1 Å². The molecule has 0 aliphatic carbocycles. The molecule has 0 aliphatic rings. The van der Waals surface area contributed by atoms with Crippen LogP contribution in [0.2, 0.25) is 0 Å². The predicted octanol–water partition coefficient (Wildman–Crippen LogP) is 5.28. The number of amides is 1. The maximum atomic E-state index is 11.7. The van der Waals surface area contributed by atoms with E-state index in [1.165, 1.54) is 0 Å². The zero-order valence-electron chi connectivity index (χ0n) is 16.7. The Labute approximate surface area is 176 Å². The standard InChI is InChI=1S/C22H24ClN3O3/c1-4-26-13-11-19(28-3)10-5-16(2)20(15-24)21(26)17-6-8-18(9-7-17)25-22(27)29-14-12-23/h5-11,13H,4,12,14H2,1-3H3,(H,25,27). The van der Waals surface area contributed by atoms with Gasteiger partial charge in [-0.05, 0) is 49.2 Å². The minimum absolute atomic E-state index is 0.144. The number of rotatable bonds is 6. The van der Waals surface area contributed by atoms with Crippen LogP contribution in [0.15, 0.2) is 48.7 Å². The largest absolute Gasteiger partial charge is 0.497 e. The van der Waals surface area contributed by atoms with Crippen LogP contribution in [0.25, 0.3) is 11.3 Å². The lowest BCUT2D eigenvalue weighted by atomic mass is 10.0. The number of methoxy groups -OCH3 is 1. The van der Waals surface area contributed by atoms with E-state index < -0.39 is 6.09 Å². The van der Waals surface area contributed by atoms with E-state index in [0.29, 0.717) is 23.5 Å². The lowest BCUT2D eigenvalue weighted by Gasteiger charge is -2.13. The quantitative estimate of drug-likeness (QED) is 0.654. The first-order chi connectivity index (χ1) is 14.0. The third-order valence-electron chi connectivity index (χ3n) is 4.24. The van der Waals surface area contributed by atoms with Crippen molar-refractivity contribution in [2.75, 3.05) is 24.9 Å². The van der Waals surface area contributed by atoms with Gasteiger partial charge in [-0.3, -0.25) is 5.32 Å². The number of benzene rings is 1. The Bertz CT molecular complexity index is 945. The summed E-state index contributed by atoms with van der Waals surface area (Å²) in [4.78, 5) is 11.7. The normalized spacial score (nSPS) is 9.90. The second-order valence-corrected chi connectivity index (χ2v) is 6.47. The van der Waals surface area contributed by atoms with Gasteiger partial charge in [0.05, 0.1) is 24.2 Å². The van der Waals surface area contributed by atoms with Gasteiger partial charge in [-0.1, -0.05) is 18.2 Å². The van der Waals surface area contributed by atoms with Gasteiger partial charge in [0.15, 0.2) is 0 Å². The van der Waals surface area contributed by atoms with Crippen LogP contribution in [-0.2, 0) is 11.3 Å². The summed E-state index contributed by atoms with van der Waals surface area (Å²) in [5.74, 6) is 0.931. The van der Waals surface area contributed by atoms with Crippen LogP contribution >= 0.6 is 11.6 Å². The molecule has 6 nitrogen and oxygen atoms in total. The minimum Gasteiger partial charge on any atom is -0.497 e. The highest BCUT2D eigenvalue weighted by molar-refractivity contribution is 6.18. The van der Waals surface area contributed by atoms with Gasteiger partial charge >= 0.3 is 6.09 Å². The zero-order chi connectivity index (χ0) is 21.2. The van der Waals surface area contributed by atoms with Gasteiger partial charge in [0, 0.05) is 18.4 Å². The Morgan fingerprint density at radius 1 is 1.21 bits per heavy atom. The molecule has 0 atom stereocenters. The number of nitriles is 1. The molecule has 0 saturated heterocycles. The Hall–Kier alpha value is -3.17. The van der Waals surface area contributed by atoms with E-state index in [9.17, 15) is 10.1 Å². The van der Waals surface area contributed by atoms with Crippen LogP contribution in [0.3, 0.4) is 0 Å². The first-order valence-corrected chi connectivity index (χ1v) is 9.69. The number of aryl methyl sites for hydroxylation is 2. The molecular weight excluding hydrogens is 390 g/mol. The van der Waals surface area contributed by atoms with Crippen molar-refractivity contribution in [3.8, 4) is 23.1 Å². The van der Waals surface area contributed by atoms with Crippen molar-refractivity contribution >= 4 is 23.4 Å². The van der Waals surface area contributed by atoms with Crippen LogP contribution in [0, 0.1) is 18.3 Å². The van der Waals surface area contributed by atoms with E-state index in [-0.39, 0.29) is 12.5 Å². The van der Waals surface area contributed by atoms with Crippen molar-refractivity contribution < 1.29 is 14.3 Å². The number of ether oxygens (including phenoxy) is 2. The molecule has 29 heavy (non-hydrogen) atoms. The molecule has 2 rings (SSSR count). The van der Waals surface area contributed by atoms with Crippen molar-refractivity contribution in [3.05, 3.63) is 59.8 Å². The molecule has 0 aliphatic heterocycles. The van der Waals surface area contributed by atoms with Crippen molar-refractivity contribution in [3.63, 3.8) is 0 Å². The molecular formula is C22H24ClN3O3. The molecule has 0 spiro atoms. The van der Waals surface area contributed by atoms with Crippen LogP contribution in [0.4, 0.5) is 10.5 Å². The van der Waals surface area contributed by atoms with Gasteiger partial charge in [0.2, 0.25) is 0 Å². The maximum absolute atomic E-state index is 11.7. The Morgan fingerprint density at radius 3 is 2.52 bits per heavy atom. The molecule has 0 radical (unpaired) electrons. The molecule has 1 N–H and O–H groups in total. The summed E-state index contributed by atoms with van der Waals surface area (Å²) < 4.78 is 12.3. The van der Waals surface area contributed by atoms with E-state index in [1.54, 1.807) is 19.2 Å². The number of aromatic nitrogens is 1. The minimum atomic E-state index is -0.562. The predicted molar refractivity (Wildman–Crippen MR) is 115 cm³/mol. The highest BCUT2D eigenvalue weighted by Gasteiger charge is 2.11. The number of nitrogens with one attached hydrogen (secondary N) is 1. The highest BCUT2D eigenvalue weighted by Crippen LogP contribution is 2.26. The number of alkyl halides is 1. The van der Waals surface area contributed by atoms with E-state index in [1.807, 2.05) is 54.9 Å². The number of hydrogen-bond donors (Lipinski definition) is 1. The van der Waals surface area contributed by atoms with Crippen molar-refractivity contribution in [1.82, 2.24) is 4.57 Å². The molecule has 1 amide bonds. The summed E-state index contributed by atoms with van der Waals surface area (Å²) >= 11 is 5.51. The monoisotopic (exact) mass is 413 g/mol. The molecule has 2 aromatic rings. The number of halogens is 1. The molecule has 0 fully saturated rings. The van der Waals surface area contributed by atoms with Crippen LogP contribution in [0.5, 0.6) is 5.75 Å². The van der Waals surface area contributed by atoms with Gasteiger partial charge in [-0.25, -0.2) is 4.79 Å². The molecule has 0 bridgehead atoms. The first kappa shape index (κ1) is 22.1. The van der Waals surface area contributed by atoms with Gasteiger partial charge in [0.25, 0.3) is 0 Å². The summed E-state index contributed by atoms with van der Waals surface area (Å²) in [5.41, 5.74) is 3.60. The van der Waals surface area contributed by atoms with E-state index >= 15 is 0 Å². The maximum Gasteiger partial charge on any atom is 0.411 e. The fraction of sp³-hybridized carbons (Fsp3) is 0.273. The molecule has 0 unspecified atom stereocenters. The third kappa shape index (κ3) is 5.90. The van der Waals surface area contributed by atoms with Gasteiger partial charge in [-0.15, -0.1) is 11.6 Å². The second-order valence-electron chi connectivity index (χ2n) is 6.09. The zero-order valence-corrected chi connectivity index (χ0v) is 17.5. The smallest absolute Gasteiger partial charge is 0.411 e.